The van der Waals surface area contributed by atoms with Gasteiger partial charge in [0.15, 0.2) is 0 Å². The number of carbonyl (C=O) groups is 2. The summed E-state index contributed by atoms with van der Waals surface area (Å²) in [5, 5.41) is 3.57. The highest BCUT2D eigenvalue weighted by Gasteiger charge is 2.32. The van der Waals surface area contributed by atoms with Crippen LogP contribution in [0.4, 0.5) is 10.5 Å². The van der Waals surface area contributed by atoms with Crippen molar-refractivity contribution in [3.05, 3.63) is 65.2 Å². The van der Waals surface area contributed by atoms with Gasteiger partial charge in [-0.25, -0.2) is 4.79 Å². The number of hydrogen-bond acceptors (Lipinski definition) is 2. The normalized spacial score (nSPS) is 16.8. The van der Waals surface area contributed by atoms with Gasteiger partial charge in [-0.05, 0) is 29.8 Å². The molecule has 0 spiro atoms. The molecule has 1 aliphatic heterocycles. The van der Waals surface area contributed by atoms with Crippen LogP contribution in [0, 0.1) is 0 Å². The van der Waals surface area contributed by atoms with E-state index in [2.05, 4.69) is 5.32 Å². The summed E-state index contributed by atoms with van der Waals surface area (Å²) in [7, 11) is 1.75. The summed E-state index contributed by atoms with van der Waals surface area (Å²) in [5.41, 5.74) is 1.86. The summed E-state index contributed by atoms with van der Waals surface area (Å²) in [4.78, 5) is 27.9. The average molecular weight is 358 g/mol. The Hall–Kier alpha value is -2.53. The first-order valence-corrected chi connectivity index (χ1v) is 8.52. The minimum atomic E-state index is -0.200. The third-order valence-corrected chi connectivity index (χ3v) is 4.45. The Bertz CT molecular complexity index is 749. The molecular formula is C19H20ClN3O2. The van der Waals surface area contributed by atoms with E-state index in [4.69, 9.17) is 11.6 Å². The lowest BCUT2D eigenvalue weighted by Crippen LogP contribution is -2.43. The Kier molecular flexibility index (Phi) is 5.24. The van der Waals surface area contributed by atoms with Crippen LogP contribution in [0.1, 0.15) is 12.0 Å². The van der Waals surface area contributed by atoms with Crippen molar-refractivity contribution in [1.29, 1.82) is 0 Å². The van der Waals surface area contributed by atoms with Crippen LogP contribution in [0.3, 0.4) is 0 Å². The van der Waals surface area contributed by atoms with Gasteiger partial charge in [0.2, 0.25) is 5.91 Å². The first-order valence-electron chi connectivity index (χ1n) is 8.14. The molecule has 0 aromatic heterocycles. The molecule has 0 saturated carbocycles. The first kappa shape index (κ1) is 17.3. The molecule has 2 aromatic carbocycles. The smallest absolute Gasteiger partial charge is 0.317 e. The van der Waals surface area contributed by atoms with E-state index in [0.29, 0.717) is 24.5 Å². The summed E-state index contributed by atoms with van der Waals surface area (Å²) >= 11 is 5.89. The van der Waals surface area contributed by atoms with E-state index in [1.807, 2.05) is 42.5 Å². The fraction of sp³-hybridized carbons (Fsp3) is 0.263. The highest BCUT2D eigenvalue weighted by atomic mass is 35.5. The molecule has 0 bridgehead atoms. The number of hydrogen-bond donors (Lipinski definition) is 1. The monoisotopic (exact) mass is 357 g/mol. The second-order valence-electron chi connectivity index (χ2n) is 6.17. The van der Waals surface area contributed by atoms with Crippen molar-refractivity contribution in [2.24, 2.45) is 0 Å². The molecule has 1 N–H and O–H groups in total. The molecule has 0 radical (unpaired) electrons. The van der Waals surface area contributed by atoms with Gasteiger partial charge in [-0.15, -0.1) is 0 Å². The van der Waals surface area contributed by atoms with Crippen LogP contribution < -0.4 is 10.2 Å². The summed E-state index contributed by atoms with van der Waals surface area (Å²) in [6.07, 6.45) is 0.299. The number of nitrogens with zero attached hydrogens (tertiary/aromatic N) is 2. The van der Waals surface area contributed by atoms with E-state index >= 15 is 0 Å². The zero-order chi connectivity index (χ0) is 17.8. The highest BCUT2D eigenvalue weighted by molar-refractivity contribution is 6.30. The quantitative estimate of drug-likeness (QED) is 0.912. The van der Waals surface area contributed by atoms with Gasteiger partial charge in [0.05, 0.1) is 6.04 Å². The number of nitrogens with one attached hydrogen (secondary N) is 1. The van der Waals surface area contributed by atoms with Crippen LogP contribution in [0.5, 0.6) is 0 Å². The SMILES string of the molecule is CN(Cc1ccccc1)C(=O)N[C@@H]1CC(=O)N(c2ccc(Cl)cc2)C1. The number of amides is 3. The molecule has 3 rings (SSSR count). The van der Waals surface area contributed by atoms with E-state index < -0.39 is 0 Å². The first-order chi connectivity index (χ1) is 12.0. The van der Waals surface area contributed by atoms with Crippen molar-refractivity contribution in [1.82, 2.24) is 10.2 Å². The number of rotatable bonds is 4. The van der Waals surface area contributed by atoms with Crippen LogP contribution in [0.2, 0.25) is 5.02 Å². The zero-order valence-corrected chi connectivity index (χ0v) is 14.7. The molecule has 1 aliphatic rings. The predicted octanol–water partition coefficient (Wildman–Crippen LogP) is 3.29. The van der Waals surface area contributed by atoms with E-state index in [1.165, 1.54) is 0 Å². The van der Waals surface area contributed by atoms with Crippen molar-refractivity contribution in [2.75, 3.05) is 18.5 Å². The maximum Gasteiger partial charge on any atom is 0.317 e. The number of halogens is 1. The summed E-state index contributed by atoms with van der Waals surface area (Å²) < 4.78 is 0. The van der Waals surface area contributed by atoms with Crippen molar-refractivity contribution < 1.29 is 9.59 Å². The molecule has 0 aliphatic carbocycles. The second kappa shape index (κ2) is 7.57. The molecule has 6 heteroatoms. The Morgan fingerprint density at radius 3 is 2.56 bits per heavy atom. The highest BCUT2D eigenvalue weighted by Crippen LogP contribution is 2.23. The van der Waals surface area contributed by atoms with Crippen LogP contribution in [0.15, 0.2) is 54.6 Å². The van der Waals surface area contributed by atoms with Gasteiger partial charge in [0.1, 0.15) is 0 Å². The lowest BCUT2D eigenvalue weighted by Gasteiger charge is -2.21. The Labute approximate surface area is 152 Å². The van der Waals surface area contributed by atoms with Crippen LogP contribution in [0.25, 0.3) is 0 Å². The summed E-state index contributed by atoms with van der Waals surface area (Å²) in [6.45, 7) is 0.986. The Morgan fingerprint density at radius 2 is 1.88 bits per heavy atom. The molecule has 0 unspecified atom stereocenters. The largest absolute Gasteiger partial charge is 0.333 e. The summed E-state index contributed by atoms with van der Waals surface area (Å²) in [6, 6.07) is 16.5. The third-order valence-electron chi connectivity index (χ3n) is 4.20. The maximum absolute atomic E-state index is 12.4. The molecule has 2 aromatic rings. The summed E-state index contributed by atoms with van der Waals surface area (Å²) in [5.74, 6) is -0.00154. The maximum atomic E-state index is 12.4. The molecule has 130 valence electrons. The molecule has 1 heterocycles. The fourth-order valence-electron chi connectivity index (χ4n) is 2.89. The topological polar surface area (TPSA) is 52.7 Å². The van der Waals surface area contributed by atoms with Gasteiger partial charge in [0.25, 0.3) is 0 Å². The molecule has 1 atom stereocenters. The van der Waals surface area contributed by atoms with E-state index in [0.717, 1.165) is 11.3 Å². The van der Waals surface area contributed by atoms with Crippen molar-refractivity contribution in [2.45, 2.75) is 19.0 Å². The van der Waals surface area contributed by atoms with Gasteiger partial charge < -0.3 is 15.1 Å². The minimum Gasteiger partial charge on any atom is -0.333 e. The zero-order valence-electron chi connectivity index (χ0n) is 14.0. The van der Waals surface area contributed by atoms with Crippen LogP contribution in [-0.2, 0) is 11.3 Å². The molecule has 25 heavy (non-hydrogen) atoms. The third kappa shape index (κ3) is 4.31. The van der Waals surface area contributed by atoms with E-state index in [1.54, 1.807) is 29.0 Å². The fourth-order valence-corrected chi connectivity index (χ4v) is 3.01. The van der Waals surface area contributed by atoms with Gasteiger partial charge in [-0.1, -0.05) is 41.9 Å². The average Bonchev–Trinajstić information content (AvgIpc) is 2.96. The number of urea groups is 1. The van der Waals surface area contributed by atoms with Gasteiger partial charge in [-0.2, -0.15) is 0 Å². The van der Waals surface area contributed by atoms with Crippen molar-refractivity contribution >= 4 is 29.2 Å². The van der Waals surface area contributed by atoms with Gasteiger partial charge in [-0.3, -0.25) is 4.79 Å². The van der Waals surface area contributed by atoms with E-state index in [-0.39, 0.29) is 18.0 Å². The van der Waals surface area contributed by atoms with Crippen molar-refractivity contribution in [3.8, 4) is 0 Å². The lowest BCUT2D eigenvalue weighted by molar-refractivity contribution is -0.117. The Balaban J connectivity index is 1.57. The number of benzene rings is 2. The van der Waals surface area contributed by atoms with Gasteiger partial charge in [0, 0.05) is 37.3 Å². The minimum absolute atomic E-state index is 0.00154. The predicted molar refractivity (Wildman–Crippen MR) is 98.7 cm³/mol. The Morgan fingerprint density at radius 1 is 1.20 bits per heavy atom. The number of carbonyl (C=O) groups excluding carboxylic acids is 2. The standard InChI is InChI=1S/C19H20ClN3O2/c1-22(12-14-5-3-2-4-6-14)19(25)21-16-11-18(24)23(13-16)17-9-7-15(20)8-10-17/h2-10,16H,11-13H2,1H3,(H,21,25)/t16-/m1/s1. The molecular weight excluding hydrogens is 338 g/mol. The van der Waals surface area contributed by atoms with E-state index in [9.17, 15) is 9.59 Å². The molecule has 1 saturated heterocycles. The van der Waals surface area contributed by atoms with Gasteiger partial charge >= 0.3 is 6.03 Å². The molecule has 3 amide bonds. The lowest BCUT2D eigenvalue weighted by atomic mass is 10.2. The van der Waals surface area contributed by atoms with Crippen molar-refractivity contribution in [3.63, 3.8) is 0 Å². The number of anilines is 1. The van der Waals surface area contributed by atoms with Crippen LogP contribution in [-0.4, -0.2) is 36.5 Å². The molecule has 5 nitrogen and oxygen atoms in total. The van der Waals surface area contributed by atoms with Crippen LogP contribution >= 0.6 is 11.6 Å². The second-order valence-corrected chi connectivity index (χ2v) is 6.61. The molecule has 1 fully saturated rings.